The van der Waals surface area contributed by atoms with Gasteiger partial charge in [-0.05, 0) is 31.1 Å². The van der Waals surface area contributed by atoms with Gasteiger partial charge in [0.2, 0.25) is 0 Å². The van der Waals surface area contributed by atoms with Crippen molar-refractivity contribution in [1.29, 1.82) is 0 Å². The van der Waals surface area contributed by atoms with E-state index in [-0.39, 0.29) is 31.1 Å². The van der Waals surface area contributed by atoms with Crippen LogP contribution in [0.5, 0.6) is 0 Å². The number of hydrogen-bond donors (Lipinski definition) is 0. The molecule has 0 heterocycles. The van der Waals surface area contributed by atoms with Gasteiger partial charge in [-0.15, -0.1) is 0 Å². The van der Waals surface area contributed by atoms with Gasteiger partial charge in [-0.3, -0.25) is 14.4 Å². The van der Waals surface area contributed by atoms with E-state index in [2.05, 4.69) is 34.6 Å². The summed E-state index contributed by atoms with van der Waals surface area (Å²) in [5.41, 5.74) is 0. The van der Waals surface area contributed by atoms with Crippen molar-refractivity contribution in [2.75, 3.05) is 13.2 Å². The highest BCUT2D eigenvalue weighted by Crippen LogP contribution is 2.18. The molecule has 6 heteroatoms. The molecular weight excluding hydrogens is 793 g/mol. The molecule has 380 valence electrons. The Balaban J connectivity index is 4.24. The fourth-order valence-electron chi connectivity index (χ4n) is 8.87. The summed E-state index contributed by atoms with van der Waals surface area (Å²) in [6.45, 7) is 11.4. The van der Waals surface area contributed by atoms with Gasteiger partial charge in [-0.25, -0.2) is 0 Å². The van der Waals surface area contributed by atoms with E-state index >= 15 is 0 Å². The zero-order chi connectivity index (χ0) is 46.8. The van der Waals surface area contributed by atoms with Crippen molar-refractivity contribution in [2.24, 2.45) is 11.8 Å². The van der Waals surface area contributed by atoms with Crippen LogP contribution in [-0.2, 0) is 28.6 Å². The fourth-order valence-corrected chi connectivity index (χ4v) is 8.87. The standard InChI is InChI=1S/C58H112O6/c1-6-7-8-9-10-11-12-13-14-15-16-19-23-26-29-34-40-45-50-58(61)64-55(52-63-57(60)49-44-39-35-30-32-37-42-47-54(4)5)51-62-56(59)48-43-38-33-28-25-22-20-17-18-21-24-27-31-36-41-46-53(2)3/h53-55H,6-52H2,1-5H3/t55-/m1/s1. The molecule has 0 aromatic rings. The minimum absolute atomic E-state index is 0.0634. The molecule has 0 saturated heterocycles. The van der Waals surface area contributed by atoms with Crippen molar-refractivity contribution < 1.29 is 28.6 Å². The van der Waals surface area contributed by atoms with E-state index < -0.39 is 6.10 Å². The molecule has 0 aliphatic heterocycles. The summed E-state index contributed by atoms with van der Waals surface area (Å²) < 4.78 is 16.9. The quantitative estimate of drug-likeness (QED) is 0.0344. The van der Waals surface area contributed by atoms with Crippen LogP contribution in [0.3, 0.4) is 0 Å². The molecular formula is C58H112O6. The Labute approximate surface area is 399 Å². The second-order valence-corrected chi connectivity index (χ2v) is 20.9. The first-order chi connectivity index (χ1) is 31.2. The predicted molar refractivity (Wildman–Crippen MR) is 275 cm³/mol. The first-order valence-corrected chi connectivity index (χ1v) is 28.7. The van der Waals surface area contributed by atoms with Gasteiger partial charge >= 0.3 is 17.9 Å². The number of ether oxygens (including phenoxy) is 3. The Morgan fingerprint density at radius 1 is 0.297 bits per heavy atom. The molecule has 0 spiro atoms. The van der Waals surface area contributed by atoms with Crippen LogP contribution in [0.2, 0.25) is 0 Å². The molecule has 6 nitrogen and oxygen atoms in total. The van der Waals surface area contributed by atoms with E-state index in [0.717, 1.165) is 69.6 Å². The predicted octanol–water partition coefficient (Wildman–Crippen LogP) is 18.9. The summed E-state index contributed by atoms with van der Waals surface area (Å²) in [4.78, 5) is 38.1. The lowest BCUT2D eigenvalue weighted by atomic mass is 10.0. The van der Waals surface area contributed by atoms with Gasteiger partial charge < -0.3 is 14.2 Å². The van der Waals surface area contributed by atoms with E-state index in [9.17, 15) is 14.4 Å². The Morgan fingerprint density at radius 3 is 0.766 bits per heavy atom. The number of unbranched alkanes of at least 4 members (excludes halogenated alkanes) is 37. The minimum Gasteiger partial charge on any atom is -0.462 e. The molecule has 0 aliphatic carbocycles. The van der Waals surface area contributed by atoms with Crippen LogP contribution >= 0.6 is 0 Å². The third-order valence-electron chi connectivity index (χ3n) is 13.2. The highest BCUT2D eigenvalue weighted by molar-refractivity contribution is 5.71. The van der Waals surface area contributed by atoms with E-state index in [1.54, 1.807) is 0 Å². The Morgan fingerprint density at radius 2 is 0.516 bits per heavy atom. The van der Waals surface area contributed by atoms with Crippen molar-refractivity contribution in [1.82, 2.24) is 0 Å². The highest BCUT2D eigenvalue weighted by atomic mass is 16.6. The van der Waals surface area contributed by atoms with Crippen LogP contribution in [0.1, 0.15) is 324 Å². The number of carbonyl (C=O) groups excluding carboxylic acids is 3. The van der Waals surface area contributed by atoms with Crippen molar-refractivity contribution in [3.05, 3.63) is 0 Å². The summed E-state index contributed by atoms with van der Waals surface area (Å²) in [5.74, 6) is 0.787. The summed E-state index contributed by atoms with van der Waals surface area (Å²) in [6, 6.07) is 0. The molecule has 0 unspecified atom stereocenters. The summed E-state index contributed by atoms with van der Waals surface area (Å²) in [7, 11) is 0. The lowest BCUT2D eigenvalue weighted by molar-refractivity contribution is -0.167. The van der Waals surface area contributed by atoms with E-state index in [4.69, 9.17) is 14.2 Å². The molecule has 0 radical (unpaired) electrons. The van der Waals surface area contributed by atoms with Gasteiger partial charge in [0, 0.05) is 19.3 Å². The Hall–Kier alpha value is -1.59. The molecule has 0 aromatic heterocycles. The highest BCUT2D eigenvalue weighted by Gasteiger charge is 2.19. The lowest BCUT2D eigenvalue weighted by Crippen LogP contribution is -2.30. The molecule has 0 fully saturated rings. The molecule has 0 aromatic carbocycles. The average Bonchev–Trinajstić information content (AvgIpc) is 3.27. The molecule has 64 heavy (non-hydrogen) atoms. The van der Waals surface area contributed by atoms with Crippen LogP contribution in [0.25, 0.3) is 0 Å². The second kappa shape index (κ2) is 50.8. The van der Waals surface area contributed by atoms with Crippen molar-refractivity contribution in [3.63, 3.8) is 0 Å². The Kier molecular flexibility index (Phi) is 49.6. The molecule has 0 bridgehead atoms. The largest absolute Gasteiger partial charge is 0.462 e. The third-order valence-corrected chi connectivity index (χ3v) is 13.2. The normalized spacial score (nSPS) is 12.0. The molecule has 0 aliphatic rings. The first-order valence-electron chi connectivity index (χ1n) is 28.7. The summed E-state index contributed by atoms with van der Waals surface area (Å²) in [6.07, 6.45) is 53.9. The van der Waals surface area contributed by atoms with Gasteiger partial charge in [0.25, 0.3) is 0 Å². The zero-order valence-corrected chi connectivity index (χ0v) is 43.9. The summed E-state index contributed by atoms with van der Waals surface area (Å²) in [5, 5.41) is 0. The number of carbonyl (C=O) groups is 3. The van der Waals surface area contributed by atoms with Gasteiger partial charge in [-0.1, -0.05) is 285 Å². The molecule has 0 rings (SSSR count). The SMILES string of the molecule is CCCCCCCCCCCCCCCCCCCCC(=O)O[C@H](COC(=O)CCCCCCCCCCCCCCCCCC(C)C)COC(=O)CCCCCCCCCC(C)C. The van der Waals surface area contributed by atoms with Gasteiger partial charge in [0.05, 0.1) is 0 Å². The van der Waals surface area contributed by atoms with Crippen LogP contribution in [-0.4, -0.2) is 37.2 Å². The first kappa shape index (κ1) is 62.4. The topological polar surface area (TPSA) is 78.9 Å². The fraction of sp³-hybridized carbons (Fsp3) is 0.948. The van der Waals surface area contributed by atoms with Gasteiger partial charge in [-0.2, -0.15) is 0 Å². The van der Waals surface area contributed by atoms with E-state index in [1.165, 1.54) is 212 Å². The monoisotopic (exact) mass is 905 g/mol. The smallest absolute Gasteiger partial charge is 0.306 e. The molecule has 1 atom stereocenters. The lowest BCUT2D eigenvalue weighted by Gasteiger charge is -2.18. The van der Waals surface area contributed by atoms with Crippen molar-refractivity contribution in [2.45, 2.75) is 330 Å². The van der Waals surface area contributed by atoms with Gasteiger partial charge in [0.15, 0.2) is 6.10 Å². The number of esters is 3. The maximum absolute atomic E-state index is 12.8. The molecule has 0 amide bonds. The second-order valence-electron chi connectivity index (χ2n) is 20.9. The maximum Gasteiger partial charge on any atom is 0.306 e. The van der Waals surface area contributed by atoms with E-state index in [0.29, 0.717) is 19.3 Å². The van der Waals surface area contributed by atoms with Gasteiger partial charge in [0.1, 0.15) is 13.2 Å². The number of hydrogen-bond acceptors (Lipinski definition) is 6. The molecule has 0 N–H and O–H groups in total. The molecule has 0 saturated carbocycles. The van der Waals surface area contributed by atoms with Crippen LogP contribution in [0, 0.1) is 11.8 Å². The van der Waals surface area contributed by atoms with Crippen molar-refractivity contribution in [3.8, 4) is 0 Å². The van der Waals surface area contributed by atoms with Crippen LogP contribution < -0.4 is 0 Å². The van der Waals surface area contributed by atoms with E-state index in [1.807, 2.05) is 0 Å². The van der Waals surface area contributed by atoms with Crippen LogP contribution in [0.15, 0.2) is 0 Å². The zero-order valence-electron chi connectivity index (χ0n) is 43.9. The number of rotatable bonds is 52. The summed E-state index contributed by atoms with van der Waals surface area (Å²) >= 11 is 0. The van der Waals surface area contributed by atoms with Crippen LogP contribution in [0.4, 0.5) is 0 Å². The average molecular weight is 906 g/mol. The maximum atomic E-state index is 12.8. The minimum atomic E-state index is -0.763. The Bertz CT molecular complexity index is 978. The van der Waals surface area contributed by atoms with Crippen molar-refractivity contribution >= 4 is 17.9 Å². The third kappa shape index (κ3) is 51.4.